The van der Waals surface area contributed by atoms with Gasteiger partial charge in [0.05, 0.1) is 0 Å². The van der Waals surface area contributed by atoms with Crippen LogP contribution in [0.25, 0.3) is 0 Å². The van der Waals surface area contributed by atoms with E-state index in [9.17, 15) is 0 Å². The van der Waals surface area contributed by atoms with Crippen LogP contribution in [0.3, 0.4) is 0 Å². The van der Waals surface area contributed by atoms with Gasteiger partial charge < -0.3 is 10.2 Å². The van der Waals surface area contributed by atoms with Crippen LogP contribution in [0, 0.1) is 11.8 Å². The highest BCUT2D eigenvalue weighted by atomic mass is 32.1. The molecule has 0 spiro atoms. The first kappa shape index (κ1) is 14.8. The Hall–Kier alpha value is -0.610. The van der Waals surface area contributed by atoms with E-state index < -0.39 is 0 Å². The van der Waals surface area contributed by atoms with E-state index in [2.05, 4.69) is 49.8 Å². The largest absolute Gasteiger partial charge is 0.348 e. The summed E-state index contributed by atoms with van der Waals surface area (Å²) in [6.45, 7) is 14.5. The number of nitrogens with one attached hydrogen (secondary N) is 1. The fraction of sp³-hybridized carbons (Fsp3) is 0.800. The highest BCUT2D eigenvalue weighted by Gasteiger charge is 2.24. The third-order valence-electron chi connectivity index (χ3n) is 3.94. The van der Waals surface area contributed by atoms with Crippen molar-refractivity contribution in [3.8, 4) is 0 Å². The zero-order valence-corrected chi connectivity index (χ0v) is 13.7. The molecule has 2 heterocycles. The van der Waals surface area contributed by atoms with Crippen molar-refractivity contribution >= 4 is 16.5 Å². The number of aromatic nitrogens is 1. The van der Waals surface area contributed by atoms with Crippen molar-refractivity contribution in [1.82, 2.24) is 10.3 Å². The molecule has 0 radical (unpaired) electrons. The van der Waals surface area contributed by atoms with E-state index in [0.717, 1.165) is 31.5 Å². The van der Waals surface area contributed by atoms with Crippen LogP contribution in [0.5, 0.6) is 0 Å². The van der Waals surface area contributed by atoms with Gasteiger partial charge in [-0.15, -0.1) is 11.3 Å². The Morgan fingerprint density at radius 1 is 1.37 bits per heavy atom. The van der Waals surface area contributed by atoms with Gasteiger partial charge in [0.2, 0.25) is 0 Å². The van der Waals surface area contributed by atoms with Crippen LogP contribution in [-0.4, -0.2) is 23.6 Å². The maximum absolute atomic E-state index is 4.60. The molecule has 1 aromatic rings. The first-order chi connectivity index (χ1) is 8.85. The minimum Gasteiger partial charge on any atom is -0.348 e. The lowest BCUT2D eigenvalue weighted by atomic mass is 9.89. The number of rotatable bonds is 3. The predicted octanol–water partition coefficient (Wildman–Crippen LogP) is 3.51. The molecule has 19 heavy (non-hydrogen) atoms. The van der Waals surface area contributed by atoms with Gasteiger partial charge in [-0.05, 0) is 39.0 Å². The monoisotopic (exact) mass is 281 g/mol. The molecule has 0 saturated carbocycles. The smallest absolute Gasteiger partial charge is 0.185 e. The van der Waals surface area contributed by atoms with Gasteiger partial charge in [0.25, 0.3) is 0 Å². The van der Waals surface area contributed by atoms with E-state index in [1.807, 2.05) is 17.5 Å². The summed E-state index contributed by atoms with van der Waals surface area (Å²) in [6.07, 6.45) is 3.32. The molecule has 0 aromatic carbocycles. The van der Waals surface area contributed by atoms with Crippen molar-refractivity contribution in [2.45, 2.75) is 53.1 Å². The van der Waals surface area contributed by atoms with E-state index in [1.165, 1.54) is 16.4 Å². The molecule has 2 atom stereocenters. The van der Waals surface area contributed by atoms with E-state index >= 15 is 0 Å². The van der Waals surface area contributed by atoms with Crippen LogP contribution in [0.4, 0.5) is 5.13 Å². The fourth-order valence-electron chi connectivity index (χ4n) is 2.31. The topological polar surface area (TPSA) is 28.2 Å². The molecule has 1 aliphatic rings. The van der Waals surface area contributed by atoms with Crippen molar-refractivity contribution in [2.75, 3.05) is 18.0 Å². The average Bonchev–Trinajstić information content (AvgIpc) is 2.78. The number of piperidine rings is 1. The Balaban J connectivity index is 1.93. The van der Waals surface area contributed by atoms with Gasteiger partial charge >= 0.3 is 0 Å². The molecule has 1 fully saturated rings. The normalized spacial score (nSPS) is 24.8. The molecule has 1 saturated heterocycles. The molecule has 0 aliphatic carbocycles. The quantitative estimate of drug-likeness (QED) is 0.919. The summed E-state index contributed by atoms with van der Waals surface area (Å²) in [6, 6.07) is 0. The van der Waals surface area contributed by atoms with E-state index in [-0.39, 0.29) is 5.54 Å². The van der Waals surface area contributed by atoms with Crippen LogP contribution < -0.4 is 10.2 Å². The van der Waals surface area contributed by atoms with Crippen molar-refractivity contribution in [3.63, 3.8) is 0 Å². The molecule has 0 bridgehead atoms. The van der Waals surface area contributed by atoms with Gasteiger partial charge in [0, 0.05) is 36.2 Å². The third kappa shape index (κ3) is 4.18. The molecule has 2 unspecified atom stereocenters. The first-order valence-electron chi connectivity index (χ1n) is 7.30. The first-order valence-corrected chi connectivity index (χ1v) is 8.11. The molecule has 3 nitrogen and oxygen atoms in total. The zero-order valence-electron chi connectivity index (χ0n) is 12.9. The van der Waals surface area contributed by atoms with Crippen molar-refractivity contribution < 1.29 is 0 Å². The number of hydrogen-bond donors (Lipinski definition) is 1. The second-order valence-electron chi connectivity index (χ2n) is 6.90. The highest BCUT2D eigenvalue weighted by Crippen LogP contribution is 2.29. The van der Waals surface area contributed by atoms with Gasteiger partial charge in [-0.2, -0.15) is 0 Å². The SMILES string of the molecule is CC1CCN(c2ncc(CNC(C)(C)C)s2)CC1C. The minimum atomic E-state index is 0.166. The third-order valence-corrected chi connectivity index (χ3v) is 5.00. The summed E-state index contributed by atoms with van der Waals surface area (Å²) in [5, 5.41) is 4.72. The Kier molecular flexibility index (Phi) is 4.51. The van der Waals surface area contributed by atoms with Crippen LogP contribution >= 0.6 is 11.3 Å². The molecule has 1 N–H and O–H groups in total. The van der Waals surface area contributed by atoms with Gasteiger partial charge in [-0.25, -0.2) is 4.98 Å². The lowest BCUT2D eigenvalue weighted by Crippen LogP contribution is -2.38. The van der Waals surface area contributed by atoms with Crippen molar-refractivity contribution in [2.24, 2.45) is 11.8 Å². The van der Waals surface area contributed by atoms with Gasteiger partial charge in [0.15, 0.2) is 5.13 Å². The summed E-state index contributed by atoms with van der Waals surface area (Å²) >= 11 is 1.84. The predicted molar refractivity (Wildman–Crippen MR) is 83.9 cm³/mol. The Bertz CT molecular complexity index is 408. The van der Waals surface area contributed by atoms with Crippen LogP contribution in [0.15, 0.2) is 6.20 Å². The fourth-order valence-corrected chi connectivity index (χ4v) is 3.20. The summed E-state index contributed by atoms with van der Waals surface area (Å²) < 4.78 is 0. The van der Waals surface area contributed by atoms with Crippen LogP contribution in [0.1, 0.15) is 45.9 Å². The highest BCUT2D eigenvalue weighted by molar-refractivity contribution is 7.15. The lowest BCUT2D eigenvalue weighted by Gasteiger charge is -2.35. The molecular weight excluding hydrogens is 254 g/mol. The summed E-state index contributed by atoms with van der Waals surface area (Å²) in [5.74, 6) is 1.62. The molecular formula is C15H27N3S. The number of thiazole rings is 1. The number of anilines is 1. The Labute approximate surface area is 121 Å². The van der Waals surface area contributed by atoms with Crippen molar-refractivity contribution in [3.05, 3.63) is 11.1 Å². The van der Waals surface area contributed by atoms with Crippen LogP contribution in [0.2, 0.25) is 0 Å². The van der Waals surface area contributed by atoms with Gasteiger partial charge in [-0.1, -0.05) is 13.8 Å². The minimum absolute atomic E-state index is 0.166. The molecule has 1 aliphatic heterocycles. The maximum Gasteiger partial charge on any atom is 0.185 e. The van der Waals surface area contributed by atoms with Gasteiger partial charge in [0.1, 0.15) is 0 Å². The molecule has 2 rings (SSSR count). The summed E-state index contributed by atoms with van der Waals surface area (Å²) in [7, 11) is 0. The molecule has 108 valence electrons. The Morgan fingerprint density at radius 3 is 2.74 bits per heavy atom. The second-order valence-corrected chi connectivity index (χ2v) is 8.00. The van der Waals surface area contributed by atoms with E-state index in [1.54, 1.807) is 0 Å². The molecule has 4 heteroatoms. The molecule has 1 aromatic heterocycles. The average molecular weight is 281 g/mol. The number of nitrogens with zero attached hydrogens (tertiary/aromatic N) is 2. The van der Waals surface area contributed by atoms with Crippen LogP contribution in [-0.2, 0) is 6.54 Å². The zero-order chi connectivity index (χ0) is 14.0. The van der Waals surface area contributed by atoms with E-state index in [0.29, 0.717) is 0 Å². The second kappa shape index (κ2) is 5.80. The number of hydrogen-bond acceptors (Lipinski definition) is 4. The van der Waals surface area contributed by atoms with Gasteiger partial charge in [-0.3, -0.25) is 0 Å². The molecule has 0 amide bonds. The lowest BCUT2D eigenvalue weighted by molar-refractivity contribution is 0.324. The standard InChI is InChI=1S/C15H27N3S/c1-11-6-7-18(10-12(11)2)14-16-8-13(19-14)9-17-15(3,4)5/h8,11-12,17H,6-7,9-10H2,1-5H3. The maximum atomic E-state index is 4.60. The van der Waals surface area contributed by atoms with E-state index in [4.69, 9.17) is 0 Å². The summed E-state index contributed by atoms with van der Waals surface area (Å²) in [5.41, 5.74) is 0.166. The Morgan fingerprint density at radius 2 is 2.11 bits per heavy atom. The summed E-state index contributed by atoms with van der Waals surface area (Å²) in [4.78, 5) is 8.39. The van der Waals surface area contributed by atoms with Crippen molar-refractivity contribution in [1.29, 1.82) is 0 Å².